The standard InChI is InChI=1S/C46H71NO3/c1-3-5-7-9-11-13-14-15-16-17-18-19-20-21-22-23-24-25-26-27-28-29-30-31-32-34-36-38-40-42-46(50)47-44(43-48)45(49)41-39-37-35-33-12-10-8-6-4-2/h5,7,11-13,15-16,18-19,21-22,24-25,27-28,30-31,33-34,36,39,41,44-45,48-49H,3-4,6,8-10,14,17,20,23,26,29,32,35,37-38,40,42-43H2,1-2H3,(H,47,50)/b7-5-,13-11-,16-15-,19-18-,22-21-,25-24-,28-27-,31-30-,33-12+,36-34-,41-39+. The Morgan fingerprint density at radius 1 is 0.500 bits per heavy atom. The summed E-state index contributed by atoms with van der Waals surface area (Å²) in [6.07, 6.45) is 64.1. The number of allylic oxidation sites excluding steroid dienone is 21. The molecule has 0 saturated heterocycles. The van der Waals surface area contributed by atoms with Crippen molar-refractivity contribution in [2.75, 3.05) is 6.61 Å². The number of carbonyl (C=O) groups excluding carboxylic acids is 1. The Bertz CT molecular complexity index is 1100. The van der Waals surface area contributed by atoms with Crippen LogP contribution in [0.2, 0.25) is 0 Å². The van der Waals surface area contributed by atoms with E-state index in [1.54, 1.807) is 6.08 Å². The van der Waals surface area contributed by atoms with Crippen molar-refractivity contribution in [3.8, 4) is 0 Å². The second-order valence-electron chi connectivity index (χ2n) is 12.2. The summed E-state index contributed by atoms with van der Waals surface area (Å²) in [6, 6.07) is -0.677. The van der Waals surface area contributed by atoms with Crippen LogP contribution in [0.25, 0.3) is 0 Å². The van der Waals surface area contributed by atoms with Crippen molar-refractivity contribution in [3.05, 3.63) is 134 Å². The van der Waals surface area contributed by atoms with Crippen molar-refractivity contribution in [2.45, 2.75) is 142 Å². The van der Waals surface area contributed by atoms with Crippen LogP contribution in [0.15, 0.2) is 134 Å². The molecule has 0 radical (unpaired) electrons. The summed E-state index contributed by atoms with van der Waals surface area (Å²) in [7, 11) is 0. The van der Waals surface area contributed by atoms with Gasteiger partial charge in [0.15, 0.2) is 0 Å². The molecule has 3 N–H and O–H groups in total. The van der Waals surface area contributed by atoms with Gasteiger partial charge in [-0.15, -0.1) is 0 Å². The molecule has 0 bridgehead atoms. The Hall–Kier alpha value is -3.47. The SMILES string of the molecule is CC/C=C\C/C=C\C/C=C\C/C=C\C/C=C\C/C=C\C/C=C\C/C=C\C/C=C\CCCC(=O)NC(CO)C(O)/C=C/CC/C=C/CCCCC. The summed E-state index contributed by atoms with van der Waals surface area (Å²) in [6.45, 7) is 4.07. The highest BCUT2D eigenvalue weighted by Gasteiger charge is 2.17. The molecule has 278 valence electrons. The molecule has 0 aliphatic carbocycles. The zero-order valence-corrected chi connectivity index (χ0v) is 31.6. The maximum atomic E-state index is 12.3. The Morgan fingerprint density at radius 3 is 1.32 bits per heavy atom. The van der Waals surface area contributed by atoms with E-state index < -0.39 is 12.1 Å². The van der Waals surface area contributed by atoms with Gasteiger partial charge in [0.25, 0.3) is 0 Å². The maximum Gasteiger partial charge on any atom is 0.220 e. The molecule has 0 aliphatic rings. The van der Waals surface area contributed by atoms with E-state index in [0.29, 0.717) is 6.42 Å². The minimum atomic E-state index is -0.893. The largest absolute Gasteiger partial charge is 0.394 e. The van der Waals surface area contributed by atoms with Gasteiger partial charge in [0.2, 0.25) is 5.91 Å². The van der Waals surface area contributed by atoms with Crippen molar-refractivity contribution >= 4 is 5.91 Å². The predicted molar refractivity (Wildman–Crippen MR) is 220 cm³/mol. The molecule has 0 heterocycles. The van der Waals surface area contributed by atoms with E-state index in [2.05, 4.69) is 141 Å². The molecule has 0 rings (SSSR count). The van der Waals surface area contributed by atoms with E-state index in [4.69, 9.17) is 0 Å². The third-order valence-electron chi connectivity index (χ3n) is 7.62. The fraction of sp³-hybridized carbons (Fsp3) is 0.500. The first kappa shape index (κ1) is 46.5. The molecular formula is C46H71NO3. The summed E-state index contributed by atoms with van der Waals surface area (Å²) < 4.78 is 0. The number of unbranched alkanes of at least 4 members (excludes halogenated alkanes) is 5. The molecule has 0 spiro atoms. The van der Waals surface area contributed by atoms with Gasteiger partial charge in [0.05, 0.1) is 18.8 Å². The van der Waals surface area contributed by atoms with Crippen molar-refractivity contribution in [3.63, 3.8) is 0 Å². The Morgan fingerprint density at radius 2 is 0.880 bits per heavy atom. The molecule has 0 fully saturated rings. The fourth-order valence-electron chi connectivity index (χ4n) is 4.66. The quantitative estimate of drug-likeness (QED) is 0.0487. The average molecular weight is 686 g/mol. The molecule has 2 unspecified atom stereocenters. The lowest BCUT2D eigenvalue weighted by Crippen LogP contribution is -2.45. The van der Waals surface area contributed by atoms with Crippen molar-refractivity contribution in [2.24, 2.45) is 0 Å². The van der Waals surface area contributed by atoms with Crippen LogP contribution < -0.4 is 5.32 Å². The van der Waals surface area contributed by atoms with Gasteiger partial charge in [-0.3, -0.25) is 4.79 Å². The lowest BCUT2D eigenvalue weighted by molar-refractivity contribution is -0.122. The first-order valence-electron chi connectivity index (χ1n) is 19.4. The van der Waals surface area contributed by atoms with Gasteiger partial charge in [-0.05, 0) is 96.3 Å². The lowest BCUT2D eigenvalue weighted by Gasteiger charge is -2.19. The first-order chi connectivity index (χ1) is 24.7. The molecule has 0 aromatic rings. The fourth-order valence-corrected chi connectivity index (χ4v) is 4.66. The number of hydrogen-bond acceptors (Lipinski definition) is 3. The third-order valence-corrected chi connectivity index (χ3v) is 7.62. The number of rotatable bonds is 32. The van der Waals surface area contributed by atoms with Gasteiger partial charge in [0, 0.05) is 6.42 Å². The predicted octanol–water partition coefficient (Wildman–Crippen LogP) is 12.0. The minimum absolute atomic E-state index is 0.143. The molecule has 4 heteroatoms. The van der Waals surface area contributed by atoms with Crippen LogP contribution in [0.3, 0.4) is 0 Å². The summed E-state index contributed by atoms with van der Waals surface area (Å²) in [5.41, 5.74) is 0. The van der Waals surface area contributed by atoms with Crippen molar-refractivity contribution < 1.29 is 15.0 Å². The van der Waals surface area contributed by atoms with E-state index in [0.717, 1.165) is 89.9 Å². The summed E-state index contributed by atoms with van der Waals surface area (Å²) in [5, 5.41) is 22.7. The van der Waals surface area contributed by atoms with Crippen LogP contribution in [-0.2, 0) is 4.79 Å². The van der Waals surface area contributed by atoms with Crippen LogP contribution in [0, 0.1) is 0 Å². The smallest absolute Gasteiger partial charge is 0.220 e. The highest BCUT2D eigenvalue weighted by atomic mass is 16.3. The van der Waals surface area contributed by atoms with Gasteiger partial charge < -0.3 is 15.5 Å². The van der Waals surface area contributed by atoms with Gasteiger partial charge >= 0.3 is 0 Å². The van der Waals surface area contributed by atoms with Gasteiger partial charge in [-0.1, -0.05) is 160 Å². The summed E-state index contributed by atoms with van der Waals surface area (Å²) in [4.78, 5) is 12.3. The highest BCUT2D eigenvalue weighted by molar-refractivity contribution is 5.76. The average Bonchev–Trinajstić information content (AvgIpc) is 3.12. The molecule has 0 saturated carbocycles. The number of aliphatic hydroxyl groups is 2. The summed E-state index contributed by atoms with van der Waals surface area (Å²) >= 11 is 0. The van der Waals surface area contributed by atoms with E-state index in [1.165, 1.54) is 19.3 Å². The van der Waals surface area contributed by atoms with Crippen molar-refractivity contribution in [1.29, 1.82) is 0 Å². The Kier molecular flexibility index (Phi) is 37.2. The van der Waals surface area contributed by atoms with Crippen LogP contribution in [0.5, 0.6) is 0 Å². The van der Waals surface area contributed by atoms with Gasteiger partial charge in [-0.25, -0.2) is 0 Å². The molecule has 50 heavy (non-hydrogen) atoms. The van der Waals surface area contributed by atoms with Gasteiger partial charge in [0.1, 0.15) is 0 Å². The number of amides is 1. The number of carbonyl (C=O) groups is 1. The first-order valence-corrected chi connectivity index (χ1v) is 19.4. The zero-order valence-electron chi connectivity index (χ0n) is 31.6. The third kappa shape index (κ3) is 35.8. The van der Waals surface area contributed by atoms with Crippen molar-refractivity contribution in [1.82, 2.24) is 5.32 Å². The van der Waals surface area contributed by atoms with Crippen LogP contribution in [-0.4, -0.2) is 34.9 Å². The van der Waals surface area contributed by atoms with Crippen LogP contribution in [0.4, 0.5) is 0 Å². The molecule has 0 aromatic heterocycles. The number of nitrogens with one attached hydrogen (secondary N) is 1. The molecule has 2 atom stereocenters. The normalized spacial score (nSPS) is 14.6. The second kappa shape index (κ2) is 40.0. The molecule has 0 aliphatic heterocycles. The Balaban J connectivity index is 3.83. The summed E-state index contributed by atoms with van der Waals surface area (Å²) in [5.74, 6) is -0.143. The highest BCUT2D eigenvalue weighted by Crippen LogP contribution is 2.05. The monoisotopic (exact) mass is 686 g/mol. The van der Waals surface area contributed by atoms with Crippen LogP contribution >= 0.6 is 0 Å². The number of hydrogen-bond donors (Lipinski definition) is 3. The maximum absolute atomic E-state index is 12.3. The van der Waals surface area contributed by atoms with E-state index >= 15 is 0 Å². The zero-order chi connectivity index (χ0) is 36.4. The van der Waals surface area contributed by atoms with Crippen LogP contribution in [0.1, 0.15) is 129 Å². The lowest BCUT2D eigenvalue weighted by atomic mass is 10.1. The van der Waals surface area contributed by atoms with E-state index in [1.807, 2.05) is 6.08 Å². The Labute approximate surface area is 307 Å². The second-order valence-corrected chi connectivity index (χ2v) is 12.2. The van der Waals surface area contributed by atoms with E-state index in [9.17, 15) is 15.0 Å². The number of aliphatic hydroxyl groups excluding tert-OH is 2. The van der Waals surface area contributed by atoms with E-state index in [-0.39, 0.29) is 12.5 Å². The topological polar surface area (TPSA) is 69.6 Å². The molecule has 1 amide bonds. The molecular weight excluding hydrogens is 615 g/mol. The minimum Gasteiger partial charge on any atom is -0.394 e. The van der Waals surface area contributed by atoms with Gasteiger partial charge in [-0.2, -0.15) is 0 Å². The molecule has 4 nitrogen and oxygen atoms in total. The molecule has 0 aromatic carbocycles.